The van der Waals surface area contributed by atoms with Gasteiger partial charge in [0.15, 0.2) is 18.1 Å². The van der Waals surface area contributed by atoms with E-state index in [4.69, 9.17) is 31.5 Å². The van der Waals surface area contributed by atoms with Crippen molar-refractivity contribution in [2.24, 2.45) is 0 Å². The first-order valence-corrected chi connectivity index (χ1v) is 9.86. The van der Waals surface area contributed by atoms with E-state index in [0.29, 0.717) is 22.2 Å². The van der Waals surface area contributed by atoms with Gasteiger partial charge in [-0.2, -0.15) is 0 Å². The van der Waals surface area contributed by atoms with E-state index in [0.717, 1.165) is 25.7 Å². The lowest BCUT2D eigenvalue weighted by Gasteiger charge is -2.31. The summed E-state index contributed by atoms with van der Waals surface area (Å²) in [5.41, 5.74) is 6.63. The van der Waals surface area contributed by atoms with Crippen LogP contribution in [0, 0.1) is 0 Å². The molecule has 8 heteroatoms. The molecule has 0 saturated heterocycles. The van der Waals surface area contributed by atoms with E-state index in [9.17, 15) is 9.59 Å². The molecule has 1 saturated carbocycles. The van der Waals surface area contributed by atoms with Crippen molar-refractivity contribution in [2.75, 3.05) is 17.7 Å². The van der Waals surface area contributed by atoms with E-state index in [1.54, 1.807) is 18.2 Å². The average molecular weight is 417 g/mol. The van der Waals surface area contributed by atoms with Gasteiger partial charge in [0.1, 0.15) is 0 Å². The first-order valence-electron chi connectivity index (χ1n) is 9.48. The summed E-state index contributed by atoms with van der Waals surface area (Å²) < 4.78 is 17.1. The molecule has 0 unspecified atom stereocenters. The Kier molecular flexibility index (Phi) is 5.24. The zero-order chi connectivity index (χ0) is 20.4. The fourth-order valence-electron chi connectivity index (χ4n) is 3.59. The van der Waals surface area contributed by atoms with Gasteiger partial charge in [0, 0.05) is 35.3 Å². The number of carbonyl (C=O) groups is 2. The Morgan fingerprint density at radius 3 is 2.59 bits per heavy atom. The summed E-state index contributed by atoms with van der Waals surface area (Å²) in [4.78, 5) is 24.3. The van der Waals surface area contributed by atoms with Crippen LogP contribution in [0.1, 0.15) is 42.5 Å². The molecule has 0 bridgehead atoms. The monoisotopic (exact) mass is 416 g/mol. The van der Waals surface area contributed by atoms with E-state index >= 15 is 0 Å². The summed E-state index contributed by atoms with van der Waals surface area (Å²) in [6.07, 6.45) is 5.04. The van der Waals surface area contributed by atoms with Crippen LogP contribution in [-0.4, -0.2) is 24.3 Å². The van der Waals surface area contributed by atoms with Crippen molar-refractivity contribution in [3.05, 3.63) is 47.0 Å². The van der Waals surface area contributed by atoms with Crippen molar-refractivity contribution in [2.45, 2.75) is 37.9 Å². The molecule has 1 heterocycles. The molecule has 29 heavy (non-hydrogen) atoms. The second-order valence-electron chi connectivity index (χ2n) is 7.19. The van der Waals surface area contributed by atoms with Crippen LogP contribution in [0.25, 0.3) is 0 Å². The van der Waals surface area contributed by atoms with Crippen molar-refractivity contribution >= 4 is 34.9 Å². The topological polar surface area (TPSA) is 99.9 Å². The summed E-state index contributed by atoms with van der Waals surface area (Å²) in [6.45, 7) is -0.445. The Bertz CT molecular complexity index is 956. The van der Waals surface area contributed by atoms with E-state index in [2.05, 4.69) is 5.32 Å². The van der Waals surface area contributed by atoms with Crippen molar-refractivity contribution in [1.82, 2.24) is 0 Å². The van der Waals surface area contributed by atoms with Crippen LogP contribution in [0.4, 0.5) is 11.4 Å². The number of esters is 1. The number of benzene rings is 2. The number of hydrogen-bond donors (Lipinski definition) is 2. The molecule has 2 aromatic rings. The van der Waals surface area contributed by atoms with Gasteiger partial charge in [-0.1, -0.05) is 18.0 Å². The Morgan fingerprint density at radius 2 is 1.83 bits per heavy atom. The maximum atomic E-state index is 12.2. The Balaban J connectivity index is 1.34. The highest BCUT2D eigenvalue weighted by molar-refractivity contribution is 6.31. The van der Waals surface area contributed by atoms with Crippen molar-refractivity contribution in [1.29, 1.82) is 0 Å². The Hall–Kier alpha value is -2.93. The lowest BCUT2D eigenvalue weighted by atomic mass is 9.94. The molecule has 2 aliphatic rings. The summed E-state index contributed by atoms with van der Waals surface area (Å²) >= 11 is 5.81. The molecule has 1 aliphatic heterocycles. The second-order valence-corrected chi connectivity index (χ2v) is 7.63. The quantitative estimate of drug-likeness (QED) is 0.573. The number of ether oxygens (including phenoxy) is 3. The fraction of sp³-hybridized carbons (Fsp3) is 0.333. The minimum absolute atomic E-state index is 0.156. The van der Waals surface area contributed by atoms with Crippen molar-refractivity contribution in [3.8, 4) is 11.5 Å². The summed E-state index contributed by atoms with van der Waals surface area (Å²) in [6, 6.07) is 9.65. The van der Waals surface area contributed by atoms with E-state index in [1.807, 2.05) is 0 Å². The molecule has 0 atom stereocenters. The molecular formula is C21H21ClN2O5. The SMILES string of the molecule is Nc1cc(Cl)ccc1C(=O)OCC(=O)Nc1ccc2c(c1)OC1(CCCCC1)O2. The number of carbonyl (C=O) groups excluding carboxylic acids is 2. The smallest absolute Gasteiger partial charge is 0.340 e. The van der Waals surface area contributed by atoms with Gasteiger partial charge in [0.2, 0.25) is 0 Å². The largest absolute Gasteiger partial charge is 0.452 e. The third kappa shape index (κ3) is 4.24. The van der Waals surface area contributed by atoms with Gasteiger partial charge in [-0.3, -0.25) is 4.79 Å². The molecule has 1 amide bonds. The maximum Gasteiger partial charge on any atom is 0.340 e. The number of nitrogens with two attached hydrogens (primary N) is 1. The number of halogens is 1. The van der Waals surface area contributed by atoms with Gasteiger partial charge in [-0.05, 0) is 43.2 Å². The predicted octanol–water partition coefficient (Wildman–Crippen LogP) is 4.15. The number of hydrogen-bond acceptors (Lipinski definition) is 6. The zero-order valence-corrected chi connectivity index (χ0v) is 16.5. The lowest BCUT2D eigenvalue weighted by molar-refractivity contribution is -0.119. The third-order valence-corrected chi connectivity index (χ3v) is 5.24. The lowest BCUT2D eigenvalue weighted by Crippen LogP contribution is -2.40. The molecule has 1 spiro atoms. The van der Waals surface area contributed by atoms with E-state index < -0.39 is 24.3 Å². The van der Waals surface area contributed by atoms with Crippen LogP contribution < -0.4 is 20.5 Å². The summed E-state index contributed by atoms with van der Waals surface area (Å²) in [7, 11) is 0. The molecule has 3 N–H and O–H groups in total. The predicted molar refractivity (Wildman–Crippen MR) is 108 cm³/mol. The molecule has 2 aromatic carbocycles. The molecule has 0 radical (unpaired) electrons. The number of nitrogen functional groups attached to an aromatic ring is 1. The minimum atomic E-state index is -0.695. The first kappa shape index (κ1) is 19.4. The first-order chi connectivity index (χ1) is 13.9. The molecule has 7 nitrogen and oxygen atoms in total. The number of rotatable bonds is 4. The number of fused-ring (bicyclic) bond motifs is 1. The van der Waals surface area contributed by atoms with Crippen LogP contribution in [-0.2, 0) is 9.53 Å². The standard InChI is InChI=1S/C21H21ClN2O5/c22-13-4-6-15(16(23)10-13)20(26)27-12-19(25)24-14-5-7-17-18(11-14)29-21(28-17)8-2-1-3-9-21/h4-7,10-11H,1-3,8-9,12,23H2,(H,24,25). The van der Waals surface area contributed by atoms with Gasteiger partial charge in [-0.15, -0.1) is 0 Å². The summed E-state index contributed by atoms with van der Waals surface area (Å²) in [5.74, 6) is -0.460. The fourth-order valence-corrected chi connectivity index (χ4v) is 3.77. The number of amides is 1. The van der Waals surface area contributed by atoms with Gasteiger partial charge in [0.05, 0.1) is 5.56 Å². The van der Waals surface area contributed by atoms with Gasteiger partial charge in [0.25, 0.3) is 11.7 Å². The van der Waals surface area contributed by atoms with Crippen molar-refractivity contribution < 1.29 is 23.8 Å². The van der Waals surface area contributed by atoms with Crippen molar-refractivity contribution in [3.63, 3.8) is 0 Å². The van der Waals surface area contributed by atoms with Crippen LogP contribution in [0.2, 0.25) is 5.02 Å². The third-order valence-electron chi connectivity index (χ3n) is 5.00. The zero-order valence-electron chi connectivity index (χ0n) is 15.7. The Labute approximate surface area is 173 Å². The molecule has 152 valence electrons. The van der Waals surface area contributed by atoms with Gasteiger partial charge < -0.3 is 25.3 Å². The normalized spacial score (nSPS) is 16.4. The van der Waals surface area contributed by atoms with Crippen LogP contribution in [0.15, 0.2) is 36.4 Å². The van der Waals surface area contributed by atoms with E-state index in [1.165, 1.54) is 24.6 Å². The maximum absolute atomic E-state index is 12.2. The highest BCUT2D eigenvalue weighted by Gasteiger charge is 2.42. The molecule has 0 aromatic heterocycles. The second kappa shape index (κ2) is 7.83. The number of anilines is 2. The van der Waals surface area contributed by atoms with Gasteiger partial charge in [-0.25, -0.2) is 4.79 Å². The Morgan fingerprint density at radius 1 is 1.07 bits per heavy atom. The van der Waals surface area contributed by atoms with E-state index in [-0.39, 0.29) is 11.3 Å². The molecule has 4 rings (SSSR count). The highest BCUT2D eigenvalue weighted by Crippen LogP contribution is 2.46. The molecular weight excluding hydrogens is 396 g/mol. The highest BCUT2D eigenvalue weighted by atomic mass is 35.5. The van der Waals surface area contributed by atoms with Crippen LogP contribution >= 0.6 is 11.6 Å². The number of nitrogens with one attached hydrogen (secondary N) is 1. The molecule has 1 aliphatic carbocycles. The van der Waals surface area contributed by atoms with Crippen LogP contribution in [0.3, 0.4) is 0 Å². The molecule has 1 fully saturated rings. The van der Waals surface area contributed by atoms with Crippen LogP contribution in [0.5, 0.6) is 11.5 Å². The summed E-state index contributed by atoms with van der Waals surface area (Å²) in [5, 5.41) is 3.10. The van der Waals surface area contributed by atoms with Gasteiger partial charge >= 0.3 is 5.97 Å². The average Bonchev–Trinajstić information content (AvgIpc) is 3.03. The minimum Gasteiger partial charge on any atom is -0.452 e.